The van der Waals surface area contributed by atoms with Crippen molar-refractivity contribution in [2.24, 2.45) is 0 Å². The topological polar surface area (TPSA) is 67.2 Å². The molecular weight excluding hydrogens is 218 g/mol. The van der Waals surface area contributed by atoms with Gasteiger partial charge in [0.1, 0.15) is 0 Å². The molecule has 0 saturated carbocycles. The summed E-state index contributed by atoms with van der Waals surface area (Å²) in [4.78, 5) is 10.6. The highest BCUT2D eigenvalue weighted by atomic mass is 16.6. The smallest absolute Gasteiger partial charge is 0.274 e. The number of hydrogen-bond acceptors (Lipinski definition) is 4. The molecule has 2 unspecified atom stereocenters. The van der Waals surface area contributed by atoms with Crippen LogP contribution in [-0.4, -0.2) is 24.1 Å². The Morgan fingerprint density at radius 3 is 2.94 bits per heavy atom. The van der Waals surface area contributed by atoms with E-state index in [4.69, 9.17) is 0 Å². The second-order valence-electron chi connectivity index (χ2n) is 4.39. The van der Waals surface area contributed by atoms with Crippen LogP contribution in [0, 0.1) is 10.1 Å². The van der Waals surface area contributed by atoms with Gasteiger partial charge in [-0.05, 0) is 19.9 Å². The Balaban J connectivity index is 2.12. The van der Waals surface area contributed by atoms with E-state index in [0.29, 0.717) is 6.04 Å². The van der Waals surface area contributed by atoms with Crippen molar-refractivity contribution in [2.45, 2.75) is 25.4 Å². The molecule has 1 saturated heterocycles. The molecule has 1 aromatic carbocycles. The molecule has 1 heterocycles. The van der Waals surface area contributed by atoms with Gasteiger partial charge < -0.3 is 10.6 Å². The van der Waals surface area contributed by atoms with E-state index < -0.39 is 0 Å². The lowest BCUT2D eigenvalue weighted by Crippen LogP contribution is -2.33. The van der Waals surface area contributed by atoms with Gasteiger partial charge in [0.25, 0.3) is 5.69 Å². The molecule has 1 aliphatic rings. The molecule has 2 N–H and O–H groups in total. The summed E-state index contributed by atoms with van der Waals surface area (Å²) in [5, 5.41) is 17.6. The van der Waals surface area contributed by atoms with E-state index in [-0.39, 0.29) is 16.7 Å². The average Bonchev–Trinajstić information content (AvgIpc) is 2.81. The standard InChI is InChI=1S/C12H17N3O2/c1-9(14-10-6-7-13-8-10)11-4-2-3-5-12(11)15(16)17/h2-5,9-10,13-14H,6-8H2,1H3. The van der Waals surface area contributed by atoms with Gasteiger partial charge in [0, 0.05) is 30.3 Å². The highest BCUT2D eigenvalue weighted by Gasteiger charge is 2.22. The molecule has 5 heteroatoms. The predicted octanol–water partition coefficient (Wildman–Crippen LogP) is 1.61. The molecular formula is C12H17N3O2. The van der Waals surface area contributed by atoms with Crippen molar-refractivity contribution in [2.75, 3.05) is 13.1 Å². The van der Waals surface area contributed by atoms with Crippen molar-refractivity contribution >= 4 is 5.69 Å². The van der Waals surface area contributed by atoms with Gasteiger partial charge in [-0.1, -0.05) is 18.2 Å². The third-order valence-corrected chi connectivity index (χ3v) is 3.15. The van der Waals surface area contributed by atoms with E-state index in [2.05, 4.69) is 10.6 Å². The van der Waals surface area contributed by atoms with Crippen LogP contribution >= 0.6 is 0 Å². The summed E-state index contributed by atoms with van der Waals surface area (Å²) >= 11 is 0. The number of nitro groups is 1. The van der Waals surface area contributed by atoms with Gasteiger partial charge in [-0.15, -0.1) is 0 Å². The molecule has 0 bridgehead atoms. The Morgan fingerprint density at radius 2 is 2.29 bits per heavy atom. The van der Waals surface area contributed by atoms with Crippen LogP contribution < -0.4 is 10.6 Å². The van der Waals surface area contributed by atoms with Gasteiger partial charge in [-0.3, -0.25) is 10.1 Å². The number of nitrogens with zero attached hydrogens (tertiary/aromatic N) is 1. The molecule has 1 fully saturated rings. The Morgan fingerprint density at radius 1 is 1.53 bits per heavy atom. The first-order chi connectivity index (χ1) is 8.18. The molecule has 0 aromatic heterocycles. The van der Waals surface area contributed by atoms with E-state index >= 15 is 0 Å². The Labute approximate surface area is 100 Å². The summed E-state index contributed by atoms with van der Waals surface area (Å²) < 4.78 is 0. The van der Waals surface area contributed by atoms with Crippen molar-refractivity contribution in [1.82, 2.24) is 10.6 Å². The molecule has 0 spiro atoms. The summed E-state index contributed by atoms with van der Waals surface area (Å²) in [5.74, 6) is 0. The van der Waals surface area contributed by atoms with Gasteiger partial charge in [-0.25, -0.2) is 0 Å². The van der Waals surface area contributed by atoms with Crippen LogP contribution in [0.4, 0.5) is 5.69 Å². The molecule has 2 atom stereocenters. The van der Waals surface area contributed by atoms with Crippen LogP contribution in [0.2, 0.25) is 0 Å². The zero-order chi connectivity index (χ0) is 12.3. The SMILES string of the molecule is CC(NC1CCNC1)c1ccccc1[N+](=O)[O-]. The molecule has 1 aliphatic heterocycles. The number of nitro benzene ring substituents is 1. The van der Waals surface area contributed by atoms with Gasteiger partial charge in [-0.2, -0.15) is 0 Å². The zero-order valence-corrected chi connectivity index (χ0v) is 9.85. The first-order valence-electron chi connectivity index (χ1n) is 5.88. The maximum Gasteiger partial charge on any atom is 0.274 e. The minimum absolute atomic E-state index is 0.00139. The lowest BCUT2D eigenvalue weighted by molar-refractivity contribution is -0.385. The molecule has 0 aliphatic carbocycles. The molecule has 0 amide bonds. The minimum atomic E-state index is -0.319. The first kappa shape index (κ1) is 12.0. The van der Waals surface area contributed by atoms with E-state index in [9.17, 15) is 10.1 Å². The van der Waals surface area contributed by atoms with Crippen molar-refractivity contribution in [3.05, 3.63) is 39.9 Å². The predicted molar refractivity (Wildman–Crippen MR) is 65.9 cm³/mol. The fraction of sp³-hybridized carbons (Fsp3) is 0.500. The normalized spacial score (nSPS) is 21.4. The highest BCUT2D eigenvalue weighted by Crippen LogP contribution is 2.25. The van der Waals surface area contributed by atoms with E-state index in [1.54, 1.807) is 12.1 Å². The maximum absolute atomic E-state index is 10.9. The van der Waals surface area contributed by atoms with Gasteiger partial charge in [0.2, 0.25) is 0 Å². The second-order valence-corrected chi connectivity index (χ2v) is 4.39. The molecule has 1 aromatic rings. The summed E-state index contributed by atoms with van der Waals surface area (Å²) in [7, 11) is 0. The molecule has 92 valence electrons. The Bertz CT molecular complexity index is 402. The fourth-order valence-corrected chi connectivity index (χ4v) is 2.26. The summed E-state index contributed by atoms with van der Waals surface area (Å²) in [6.45, 7) is 3.92. The van der Waals surface area contributed by atoms with Crippen LogP contribution in [0.25, 0.3) is 0 Å². The number of nitrogens with one attached hydrogen (secondary N) is 2. The third kappa shape index (κ3) is 2.81. The van der Waals surface area contributed by atoms with Crippen LogP contribution in [0.1, 0.15) is 24.9 Å². The van der Waals surface area contributed by atoms with Crippen LogP contribution in [0.3, 0.4) is 0 Å². The zero-order valence-electron chi connectivity index (χ0n) is 9.85. The molecule has 0 radical (unpaired) electrons. The summed E-state index contributed by atoms with van der Waals surface area (Å²) in [6.07, 6.45) is 1.07. The quantitative estimate of drug-likeness (QED) is 0.614. The van der Waals surface area contributed by atoms with E-state index in [1.165, 1.54) is 0 Å². The number of hydrogen-bond donors (Lipinski definition) is 2. The first-order valence-corrected chi connectivity index (χ1v) is 5.88. The Hall–Kier alpha value is -1.46. The number of benzene rings is 1. The largest absolute Gasteiger partial charge is 0.315 e. The van der Waals surface area contributed by atoms with Crippen molar-refractivity contribution < 1.29 is 4.92 Å². The third-order valence-electron chi connectivity index (χ3n) is 3.15. The van der Waals surface area contributed by atoms with Gasteiger partial charge in [0.05, 0.1) is 4.92 Å². The lowest BCUT2D eigenvalue weighted by atomic mass is 10.1. The number of para-hydroxylation sites is 1. The van der Waals surface area contributed by atoms with Crippen molar-refractivity contribution in [3.8, 4) is 0 Å². The number of rotatable bonds is 4. The van der Waals surface area contributed by atoms with Crippen LogP contribution in [0.5, 0.6) is 0 Å². The van der Waals surface area contributed by atoms with Crippen LogP contribution in [0.15, 0.2) is 24.3 Å². The van der Waals surface area contributed by atoms with Crippen LogP contribution in [-0.2, 0) is 0 Å². The lowest BCUT2D eigenvalue weighted by Gasteiger charge is -2.18. The van der Waals surface area contributed by atoms with Crippen molar-refractivity contribution in [1.29, 1.82) is 0 Å². The van der Waals surface area contributed by atoms with Gasteiger partial charge in [0.15, 0.2) is 0 Å². The average molecular weight is 235 g/mol. The minimum Gasteiger partial charge on any atom is -0.315 e. The summed E-state index contributed by atoms with van der Waals surface area (Å²) in [5.41, 5.74) is 0.947. The molecule has 5 nitrogen and oxygen atoms in total. The van der Waals surface area contributed by atoms with E-state index in [0.717, 1.165) is 25.1 Å². The monoisotopic (exact) mass is 235 g/mol. The van der Waals surface area contributed by atoms with Gasteiger partial charge >= 0.3 is 0 Å². The Kier molecular flexibility index (Phi) is 3.71. The highest BCUT2D eigenvalue weighted by molar-refractivity contribution is 5.41. The van der Waals surface area contributed by atoms with Crippen molar-refractivity contribution in [3.63, 3.8) is 0 Å². The molecule has 17 heavy (non-hydrogen) atoms. The van der Waals surface area contributed by atoms with E-state index in [1.807, 2.05) is 19.1 Å². The second kappa shape index (κ2) is 5.25. The summed E-state index contributed by atoms with van der Waals surface area (Å²) in [6, 6.07) is 7.32. The molecule has 2 rings (SSSR count). The maximum atomic E-state index is 10.9. The fourth-order valence-electron chi connectivity index (χ4n) is 2.26.